The van der Waals surface area contributed by atoms with Gasteiger partial charge in [-0.05, 0) is 61.4 Å². The van der Waals surface area contributed by atoms with Crippen molar-refractivity contribution in [1.82, 2.24) is 9.97 Å². The highest BCUT2D eigenvalue weighted by molar-refractivity contribution is 6.32. The van der Waals surface area contributed by atoms with Crippen molar-refractivity contribution < 1.29 is 13.9 Å². The van der Waals surface area contributed by atoms with Gasteiger partial charge in [0.1, 0.15) is 17.4 Å². The van der Waals surface area contributed by atoms with Crippen LogP contribution < -0.4 is 15.0 Å². The number of aromatic nitrogens is 2. The molecule has 1 aliphatic rings. The molecule has 1 N–H and O–H groups in total. The third kappa shape index (κ3) is 4.94. The molecule has 1 atom stereocenters. The summed E-state index contributed by atoms with van der Waals surface area (Å²) in [5.41, 5.74) is 1.37. The van der Waals surface area contributed by atoms with Crippen molar-refractivity contribution >= 4 is 29.0 Å². The van der Waals surface area contributed by atoms with Gasteiger partial charge in [-0.2, -0.15) is 0 Å². The van der Waals surface area contributed by atoms with E-state index in [9.17, 15) is 9.18 Å². The maximum Gasteiger partial charge on any atom is 0.229 e. The molecule has 160 valence electrons. The monoisotopic (exact) mass is 440 g/mol. The van der Waals surface area contributed by atoms with E-state index in [-0.39, 0.29) is 17.6 Å². The second kappa shape index (κ2) is 9.31. The number of carbonyl (C=O) groups excluding carboxylic acids is 1. The zero-order chi connectivity index (χ0) is 21.8. The Morgan fingerprint density at radius 1 is 1.23 bits per heavy atom. The van der Waals surface area contributed by atoms with Gasteiger partial charge in [-0.3, -0.25) is 4.79 Å². The second-order valence-electron chi connectivity index (χ2n) is 7.37. The standard InChI is InChI=1S/C23H22ClFN4O2/c1-31-20-9-8-18(13-19(20)24)27-23(30)16-3-2-12-29(14-16)21-10-11-26-22(28-21)15-4-6-17(25)7-5-15/h4-11,13,16H,2-3,12,14H2,1H3,(H,27,30)/t16-/m0/s1. The largest absolute Gasteiger partial charge is 0.495 e. The second-order valence-corrected chi connectivity index (χ2v) is 7.78. The molecule has 0 saturated carbocycles. The fourth-order valence-corrected chi connectivity index (χ4v) is 3.91. The number of amides is 1. The van der Waals surface area contributed by atoms with Crippen LogP contribution in [-0.4, -0.2) is 36.1 Å². The number of anilines is 2. The Morgan fingerprint density at radius 3 is 2.77 bits per heavy atom. The summed E-state index contributed by atoms with van der Waals surface area (Å²) in [6, 6.07) is 13.1. The number of halogens is 2. The van der Waals surface area contributed by atoms with Crippen molar-refractivity contribution in [2.75, 3.05) is 30.4 Å². The summed E-state index contributed by atoms with van der Waals surface area (Å²) in [5, 5.41) is 3.39. The van der Waals surface area contributed by atoms with Crippen LogP contribution in [0.3, 0.4) is 0 Å². The van der Waals surface area contributed by atoms with Gasteiger partial charge in [-0.15, -0.1) is 0 Å². The lowest BCUT2D eigenvalue weighted by molar-refractivity contribution is -0.120. The van der Waals surface area contributed by atoms with Crippen LogP contribution in [0.5, 0.6) is 5.75 Å². The van der Waals surface area contributed by atoms with Gasteiger partial charge in [0.25, 0.3) is 0 Å². The normalized spacial score (nSPS) is 16.1. The predicted octanol–water partition coefficient (Wildman–Crippen LogP) is 4.80. The van der Waals surface area contributed by atoms with Gasteiger partial charge in [-0.1, -0.05) is 11.6 Å². The first-order chi connectivity index (χ1) is 15.0. The van der Waals surface area contributed by atoms with Gasteiger partial charge in [0, 0.05) is 30.5 Å². The number of nitrogens with zero attached hydrogens (tertiary/aromatic N) is 3. The van der Waals surface area contributed by atoms with Gasteiger partial charge < -0.3 is 15.0 Å². The first kappa shape index (κ1) is 21.1. The van der Waals surface area contributed by atoms with E-state index >= 15 is 0 Å². The number of carbonyl (C=O) groups is 1. The Balaban J connectivity index is 1.46. The number of rotatable bonds is 5. The van der Waals surface area contributed by atoms with Crippen LogP contribution >= 0.6 is 11.6 Å². The van der Waals surface area contributed by atoms with Gasteiger partial charge in [0.05, 0.1) is 18.1 Å². The predicted molar refractivity (Wildman–Crippen MR) is 119 cm³/mol. The van der Waals surface area contributed by atoms with Gasteiger partial charge in [0.15, 0.2) is 5.82 Å². The lowest BCUT2D eigenvalue weighted by Gasteiger charge is -2.33. The van der Waals surface area contributed by atoms with Crippen LogP contribution in [0.1, 0.15) is 12.8 Å². The Hall–Kier alpha value is -3.19. The van der Waals surface area contributed by atoms with Crippen molar-refractivity contribution in [3.8, 4) is 17.1 Å². The smallest absolute Gasteiger partial charge is 0.229 e. The number of ether oxygens (including phenoxy) is 1. The van der Waals surface area contributed by atoms with Crippen molar-refractivity contribution in [2.24, 2.45) is 5.92 Å². The highest BCUT2D eigenvalue weighted by Gasteiger charge is 2.27. The van der Waals surface area contributed by atoms with Crippen molar-refractivity contribution in [3.63, 3.8) is 0 Å². The van der Waals surface area contributed by atoms with Crippen molar-refractivity contribution in [3.05, 3.63) is 65.6 Å². The Labute approximate surface area is 185 Å². The first-order valence-corrected chi connectivity index (χ1v) is 10.4. The Kier molecular flexibility index (Phi) is 6.32. The number of piperidine rings is 1. The minimum Gasteiger partial charge on any atom is -0.495 e. The molecule has 1 aromatic heterocycles. The molecule has 31 heavy (non-hydrogen) atoms. The van der Waals surface area contributed by atoms with Crippen molar-refractivity contribution in [1.29, 1.82) is 0 Å². The first-order valence-electron chi connectivity index (χ1n) is 10.0. The molecular weight excluding hydrogens is 419 g/mol. The summed E-state index contributed by atoms with van der Waals surface area (Å²) in [6.45, 7) is 1.35. The Morgan fingerprint density at radius 2 is 2.03 bits per heavy atom. The molecule has 1 aliphatic heterocycles. The third-order valence-corrected chi connectivity index (χ3v) is 5.57. The van der Waals surface area contributed by atoms with Crippen LogP contribution in [0.15, 0.2) is 54.7 Å². The quantitative estimate of drug-likeness (QED) is 0.617. The van der Waals surface area contributed by atoms with E-state index in [4.69, 9.17) is 16.3 Å². The molecule has 0 radical (unpaired) electrons. The van der Waals surface area contributed by atoms with Crippen LogP contribution in [-0.2, 0) is 4.79 Å². The van der Waals surface area contributed by atoms with Crippen LogP contribution in [0, 0.1) is 11.7 Å². The molecule has 2 heterocycles. The number of hydrogen-bond acceptors (Lipinski definition) is 5. The van der Waals surface area contributed by atoms with E-state index < -0.39 is 0 Å². The maximum atomic E-state index is 13.2. The summed E-state index contributed by atoms with van der Waals surface area (Å²) in [7, 11) is 1.55. The van der Waals surface area contributed by atoms with Crippen LogP contribution in [0.25, 0.3) is 11.4 Å². The summed E-state index contributed by atoms with van der Waals surface area (Å²) in [5.74, 6) is 1.29. The average Bonchev–Trinajstić information content (AvgIpc) is 2.80. The highest BCUT2D eigenvalue weighted by Crippen LogP contribution is 2.29. The molecule has 0 aliphatic carbocycles. The molecule has 2 aromatic carbocycles. The summed E-state index contributed by atoms with van der Waals surface area (Å²) < 4.78 is 18.4. The average molecular weight is 441 g/mol. The van der Waals surface area contributed by atoms with E-state index in [0.717, 1.165) is 30.8 Å². The summed E-state index contributed by atoms with van der Waals surface area (Å²) >= 11 is 6.16. The lowest BCUT2D eigenvalue weighted by Crippen LogP contribution is -2.41. The molecule has 4 rings (SSSR count). The van der Waals surface area contributed by atoms with Crippen molar-refractivity contribution in [2.45, 2.75) is 12.8 Å². The number of hydrogen-bond donors (Lipinski definition) is 1. The maximum absolute atomic E-state index is 13.2. The minimum absolute atomic E-state index is 0.0567. The van der Waals surface area contributed by atoms with E-state index in [1.165, 1.54) is 12.1 Å². The highest BCUT2D eigenvalue weighted by atomic mass is 35.5. The van der Waals surface area contributed by atoms with Gasteiger partial charge in [-0.25, -0.2) is 14.4 Å². The molecule has 1 saturated heterocycles. The summed E-state index contributed by atoms with van der Waals surface area (Å²) in [4.78, 5) is 23.9. The lowest BCUT2D eigenvalue weighted by atomic mass is 9.97. The fourth-order valence-electron chi connectivity index (χ4n) is 3.65. The molecule has 3 aromatic rings. The molecule has 0 spiro atoms. The fraction of sp³-hybridized carbons (Fsp3) is 0.261. The molecule has 0 bridgehead atoms. The SMILES string of the molecule is COc1ccc(NC(=O)[C@H]2CCCN(c3ccnc(-c4ccc(F)cc4)n3)C2)cc1Cl. The zero-order valence-corrected chi connectivity index (χ0v) is 17.8. The Bertz CT molecular complexity index is 1080. The van der Waals surface area contributed by atoms with E-state index in [1.54, 1.807) is 43.6 Å². The van der Waals surface area contributed by atoms with Crippen LogP contribution in [0.2, 0.25) is 5.02 Å². The number of nitrogens with one attached hydrogen (secondary N) is 1. The van der Waals surface area contributed by atoms with Gasteiger partial charge in [0.2, 0.25) is 5.91 Å². The summed E-state index contributed by atoms with van der Waals surface area (Å²) in [6.07, 6.45) is 3.35. The molecule has 6 nitrogen and oxygen atoms in total. The van der Waals surface area contributed by atoms with E-state index in [1.807, 2.05) is 6.07 Å². The number of benzene rings is 2. The third-order valence-electron chi connectivity index (χ3n) is 5.28. The van der Waals surface area contributed by atoms with E-state index in [0.29, 0.717) is 28.8 Å². The molecule has 1 amide bonds. The molecule has 8 heteroatoms. The topological polar surface area (TPSA) is 67.3 Å². The number of methoxy groups -OCH3 is 1. The zero-order valence-electron chi connectivity index (χ0n) is 17.0. The molecular formula is C23H22ClFN4O2. The van der Waals surface area contributed by atoms with E-state index in [2.05, 4.69) is 20.2 Å². The van der Waals surface area contributed by atoms with Crippen LogP contribution in [0.4, 0.5) is 15.9 Å². The van der Waals surface area contributed by atoms with Gasteiger partial charge >= 0.3 is 0 Å². The molecule has 1 fully saturated rings. The molecule has 0 unspecified atom stereocenters. The minimum atomic E-state index is -0.303.